The number of benzene rings is 1. The summed E-state index contributed by atoms with van der Waals surface area (Å²) in [5.41, 5.74) is 2.02. The normalized spacial score (nSPS) is 12.4. The summed E-state index contributed by atoms with van der Waals surface area (Å²) in [4.78, 5) is 17.9. The van der Waals surface area contributed by atoms with Crippen LogP contribution in [0.25, 0.3) is 0 Å². The number of aromatic nitrogens is 1. The molecule has 0 radical (unpaired) electrons. The van der Waals surface area contributed by atoms with Crippen molar-refractivity contribution in [1.82, 2.24) is 9.88 Å². The summed E-state index contributed by atoms with van der Waals surface area (Å²) in [5.74, 6) is -0.118. The van der Waals surface area contributed by atoms with E-state index in [1.54, 1.807) is 6.20 Å². The van der Waals surface area contributed by atoms with Gasteiger partial charge in [-0.25, -0.2) is 4.98 Å². The molecule has 2 aromatic rings. The fourth-order valence-electron chi connectivity index (χ4n) is 2.09. The molecule has 1 aromatic heterocycles. The summed E-state index contributed by atoms with van der Waals surface area (Å²) < 4.78 is 0. The molecule has 2 N–H and O–H groups in total. The van der Waals surface area contributed by atoms with Crippen molar-refractivity contribution < 1.29 is 9.90 Å². The van der Waals surface area contributed by atoms with Crippen LogP contribution in [0, 0.1) is 6.92 Å². The molecule has 1 heterocycles. The lowest BCUT2D eigenvalue weighted by molar-refractivity contribution is -0.117. The first-order valence-corrected chi connectivity index (χ1v) is 8.12. The lowest BCUT2D eigenvalue weighted by Crippen LogP contribution is -2.36. The second-order valence-corrected chi connectivity index (χ2v) is 6.03. The number of anilines is 1. The lowest BCUT2D eigenvalue weighted by Gasteiger charge is -2.23. The Bertz CT molecular complexity index is 584. The van der Waals surface area contributed by atoms with Crippen molar-refractivity contribution in [3.63, 3.8) is 0 Å². The molecule has 0 aliphatic carbocycles. The number of carbonyl (C=O) groups is 1. The fourth-order valence-corrected chi connectivity index (χ4v) is 2.64. The maximum Gasteiger partial charge on any atom is 0.240 e. The number of nitrogens with zero attached hydrogens (tertiary/aromatic N) is 2. The molecule has 0 aliphatic heterocycles. The van der Waals surface area contributed by atoms with Crippen LogP contribution < -0.4 is 5.32 Å². The van der Waals surface area contributed by atoms with Gasteiger partial charge in [-0.05, 0) is 19.0 Å². The number of hydrogen-bond acceptors (Lipinski definition) is 5. The van der Waals surface area contributed by atoms with Crippen LogP contribution in [0.15, 0.2) is 35.8 Å². The molecule has 0 aliphatic rings. The van der Waals surface area contributed by atoms with Crippen molar-refractivity contribution in [2.75, 3.05) is 25.0 Å². The van der Waals surface area contributed by atoms with Gasteiger partial charge in [-0.2, -0.15) is 0 Å². The molecular weight excluding hydrogens is 298 g/mol. The van der Waals surface area contributed by atoms with E-state index in [2.05, 4.69) is 10.3 Å². The van der Waals surface area contributed by atoms with E-state index >= 15 is 0 Å². The third kappa shape index (κ3) is 4.91. The summed E-state index contributed by atoms with van der Waals surface area (Å²) in [6.07, 6.45) is 1.05. The highest BCUT2D eigenvalue weighted by Crippen LogP contribution is 2.15. The first-order chi connectivity index (χ1) is 10.6. The van der Waals surface area contributed by atoms with E-state index in [-0.39, 0.29) is 12.5 Å². The largest absolute Gasteiger partial charge is 0.387 e. The van der Waals surface area contributed by atoms with E-state index in [1.165, 1.54) is 11.3 Å². The quantitative estimate of drug-likeness (QED) is 0.823. The number of aliphatic hydroxyl groups is 1. The van der Waals surface area contributed by atoms with Gasteiger partial charge in [0.1, 0.15) is 0 Å². The minimum atomic E-state index is -0.604. The predicted octanol–water partition coefficient (Wildman–Crippen LogP) is 2.45. The van der Waals surface area contributed by atoms with Crippen LogP contribution in [0.4, 0.5) is 5.13 Å². The van der Waals surface area contributed by atoms with Gasteiger partial charge in [-0.1, -0.05) is 36.8 Å². The van der Waals surface area contributed by atoms with Crippen LogP contribution in [0.5, 0.6) is 0 Å². The van der Waals surface area contributed by atoms with E-state index in [1.807, 2.05) is 48.4 Å². The molecule has 0 bridgehead atoms. The molecule has 6 heteroatoms. The van der Waals surface area contributed by atoms with Crippen molar-refractivity contribution in [3.05, 3.63) is 47.0 Å². The van der Waals surface area contributed by atoms with Crippen molar-refractivity contribution in [2.45, 2.75) is 20.0 Å². The van der Waals surface area contributed by atoms with Crippen LogP contribution >= 0.6 is 11.3 Å². The second kappa shape index (κ2) is 8.03. The highest BCUT2D eigenvalue weighted by atomic mass is 32.1. The van der Waals surface area contributed by atoms with Crippen LogP contribution in [-0.4, -0.2) is 40.5 Å². The monoisotopic (exact) mass is 319 g/mol. The number of carbonyl (C=O) groups excluding carboxylic acids is 1. The second-order valence-electron chi connectivity index (χ2n) is 5.14. The Balaban J connectivity index is 1.88. The van der Waals surface area contributed by atoms with Crippen LogP contribution in [0.1, 0.15) is 24.2 Å². The first-order valence-electron chi connectivity index (χ1n) is 7.24. The number of aryl methyl sites for hydroxylation is 1. The summed E-state index contributed by atoms with van der Waals surface area (Å²) in [6.45, 7) is 5.33. The highest BCUT2D eigenvalue weighted by molar-refractivity contribution is 7.13. The molecule has 22 heavy (non-hydrogen) atoms. The van der Waals surface area contributed by atoms with Gasteiger partial charge in [0, 0.05) is 18.1 Å². The zero-order valence-corrected chi connectivity index (χ0v) is 13.6. The van der Waals surface area contributed by atoms with Crippen molar-refractivity contribution in [3.8, 4) is 0 Å². The standard InChI is InChI=1S/C16H21N3O2S/c1-3-19(11-15(21)18-16-17-8-9-22-16)10-14(20)13-6-4-12(2)5-7-13/h4-9,14,20H,3,10-11H2,1-2H3,(H,17,18,21). The van der Waals surface area contributed by atoms with E-state index in [4.69, 9.17) is 0 Å². The number of likely N-dealkylation sites (N-methyl/N-ethyl adjacent to an activating group) is 1. The zero-order valence-electron chi connectivity index (χ0n) is 12.8. The summed E-state index contributed by atoms with van der Waals surface area (Å²) >= 11 is 1.39. The Labute approximate surface area is 134 Å². The molecular formula is C16H21N3O2S. The number of thiazole rings is 1. The number of hydrogen-bond donors (Lipinski definition) is 2. The van der Waals surface area contributed by atoms with Gasteiger partial charge in [-0.3, -0.25) is 9.69 Å². The molecule has 1 atom stereocenters. The van der Waals surface area contributed by atoms with Gasteiger partial charge in [0.25, 0.3) is 0 Å². The minimum Gasteiger partial charge on any atom is -0.387 e. The van der Waals surface area contributed by atoms with Gasteiger partial charge in [-0.15, -0.1) is 11.3 Å². The van der Waals surface area contributed by atoms with E-state index < -0.39 is 6.10 Å². The molecule has 0 spiro atoms. The Hall–Kier alpha value is -1.76. The van der Waals surface area contributed by atoms with Gasteiger partial charge in [0.2, 0.25) is 5.91 Å². The number of aliphatic hydroxyl groups excluding tert-OH is 1. The van der Waals surface area contributed by atoms with Gasteiger partial charge >= 0.3 is 0 Å². The first kappa shape index (κ1) is 16.6. The average Bonchev–Trinajstić information content (AvgIpc) is 2.99. The number of amides is 1. The molecule has 0 saturated carbocycles. The topological polar surface area (TPSA) is 65.5 Å². The molecule has 1 amide bonds. The van der Waals surface area contributed by atoms with Gasteiger partial charge < -0.3 is 10.4 Å². The van der Waals surface area contributed by atoms with Gasteiger partial charge in [0.15, 0.2) is 5.13 Å². The average molecular weight is 319 g/mol. The summed E-state index contributed by atoms with van der Waals surface area (Å²) in [7, 11) is 0. The molecule has 5 nitrogen and oxygen atoms in total. The van der Waals surface area contributed by atoms with Crippen LogP contribution in [-0.2, 0) is 4.79 Å². The third-order valence-electron chi connectivity index (χ3n) is 3.39. The molecule has 0 saturated heterocycles. The van der Waals surface area contributed by atoms with Crippen LogP contribution in [0.3, 0.4) is 0 Å². The molecule has 1 aromatic carbocycles. The van der Waals surface area contributed by atoms with E-state index in [0.29, 0.717) is 18.2 Å². The lowest BCUT2D eigenvalue weighted by atomic mass is 10.1. The predicted molar refractivity (Wildman–Crippen MR) is 89.0 cm³/mol. The molecule has 0 fully saturated rings. The zero-order chi connectivity index (χ0) is 15.9. The molecule has 2 rings (SSSR count). The number of rotatable bonds is 7. The third-order valence-corrected chi connectivity index (χ3v) is 4.07. The SMILES string of the molecule is CCN(CC(=O)Nc1nccs1)CC(O)c1ccc(C)cc1. The maximum atomic E-state index is 12.0. The van der Waals surface area contributed by atoms with Crippen molar-refractivity contribution in [1.29, 1.82) is 0 Å². The summed E-state index contributed by atoms with van der Waals surface area (Å²) in [5, 5.41) is 15.5. The minimum absolute atomic E-state index is 0.118. The Kier molecular flexibility index (Phi) is 6.06. The van der Waals surface area contributed by atoms with Crippen molar-refractivity contribution >= 4 is 22.4 Å². The molecule has 118 valence electrons. The van der Waals surface area contributed by atoms with E-state index in [9.17, 15) is 9.90 Å². The summed E-state index contributed by atoms with van der Waals surface area (Å²) in [6, 6.07) is 7.79. The Morgan fingerprint density at radius 2 is 2.14 bits per heavy atom. The van der Waals surface area contributed by atoms with Crippen LogP contribution in [0.2, 0.25) is 0 Å². The number of nitrogens with one attached hydrogen (secondary N) is 1. The Morgan fingerprint density at radius 1 is 1.41 bits per heavy atom. The smallest absolute Gasteiger partial charge is 0.240 e. The maximum absolute atomic E-state index is 12.0. The highest BCUT2D eigenvalue weighted by Gasteiger charge is 2.15. The van der Waals surface area contributed by atoms with E-state index in [0.717, 1.165) is 11.1 Å². The fraction of sp³-hybridized carbons (Fsp3) is 0.375. The molecule has 1 unspecified atom stereocenters. The van der Waals surface area contributed by atoms with Crippen molar-refractivity contribution in [2.24, 2.45) is 0 Å². The Morgan fingerprint density at radius 3 is 2.73 bits per heavy atom. The van der Waals surface area contributed by atoms with Gasteiger partial charge in [0.05, 0.1) is 12.6 Å².